The van der Waals surface area contributed by atoms with Crippen molar-refractivity contribution in [1.82, 2.24) is 5.32 Å². The van der Waals surface area contributed by atoms with Crippen LogP contribution in [-0.4, -0.2) is 12.3 Å². The number of allylic oxidation sites excluding steroid dienone is 1. The maximum Gasteiger partial charge on any atom is 0.166 e. The van der Waals surface area contributed by atoms with Gasteiger partial charge in [0, 0.05) is 13.1 Å². The van der Waals surface area contributed by atoms with Crippen molar-refractivity contribution in [1.29, 1.82) is 0 Å². The Kier molecular flexibility index (Phi) is 2.69. The molecule has 0 fully saturated rings. The molecule has 1 aliphatic heterocycles. The quantitative estimate of drug-likeness (QED) is 0.742. The van der Waals surface area contributed by atoms with E-state index in [0.717, 1.165) is 18.7 Å². The highest BCUT2D eigenvalue weighted by Crippen LogP contribution is 2.26. The third-order valence-corrected chi connectivity index (χ3v) is 2.83. The minimum Gasteiger partial charge on any atom is -0.312 e. The lowest BCUT2D eigenvalue weighted by atomic mass is 9.86. The summed E-state index contributed by atoms with van der Waals surface area (Å²) in [5.41, 5.74) is 3.02. The van der Waals surface area contributed by atoms with Crippen LogP contribution in [0, 0.1) is 0 Å². The molecular formula is C13H15NO. The van der Waals surface area contributed by atoms with Gasteiger partial charge in [0.25, 0.3) is 0 Å². The van der Waals surface area contributed by atoms with E-state index in [1.54, 1.807) is 6.92 Å². The first-order chi connectivity index (χ1) is 7.20. The molecule has 1 aliphatic rings. The van der Waals surface area contributed by atoms with Crippen molar-refractivity contribution < 1.29 is 4.79 Å². The van der Waals surface area contributed by atoms with Crippen LogP contribution in [0.1, 0.15) is 24.0 Å². The topological polar surface area (TPSA) is 29.1 Å². The molecule has 0 saturated carbocycles. The summed E-state index contributed by atoms with van der Waals surface area (Å²) in [4.78, 5) is 11.9. The predicted molar refractivity (Wildman–Crippen MR) is 60.7 cm³/mol. The Morgan fingerprint density at radius 3 is 2.93 bits per heavy atom. The molecule has 0 aromatic heterocycles. The van der Waals surface area contributed by atoms with Crippen molar-refractivity contribution >= 4 is 5.78 Å². The number of benzene rings is 1. The summed E-state index contributed by atoms with van der Waals surface area (Å²) in [6.07, 6.45) is 0. The molecule has 1 heterocycles. The highest BCUT2D eigenvalue weighted by Gasteiger charge is 2.25. The first-order valence-corrected chi connectivity index (χ1v) is 5.18. The first kappa shape index (κ1) is 10.1. The molecule has 0 spiro atoms. The number of rotatable bonds is 2. The van der Waals surface area contributed by atoms with Crippen molar-refractivity contribution in [2.24, 2.45) is 0 Å². The van der Waals surface area contributed by atoms with Gasteiger partial charge in [0.15, 0.2) is 5.78 Å². The van der Waals surface area contributed by atoms with E-state index < -0.39 is 0 Å². The molecule has 1 aromatic carbocycles. The first-order valence-electron chi connectivity index (χ1n) is 5.18. The lowest BCUT2D eigenvalue weighted by Gasteiger charge is -2.25. The number of fused-ring (bicyclic) bond motifs is 1. The molecule has 15 heavy (non-hydrogen) atoms. The molecule has 78 valence electrons. The molecule has 0 radical (unpaired) electrons. The highest BCUT2D eigenvalue weighted by atomic mass is 16.1. The average molecular weight is 201 g/mol. The van der Waals surface area contributed by atoms with Crippen molar-refractivity contribution in [2.75, 3.05) is 6.54 Å². The molecule has 1 aromatic rings. The van der Waals surface area contributed by atoms with Gasteiger partial charge in [0.2, 0.25) is 0 Å². The Hall–Kier alpha value is -1.41. The van der Waals surface area contributed by atoms with Gasteiger partial charge in [-0.25, -0.2) is 0 Å². The van der Waals surface area contributed by atoms with E-state index in [4.69, 9.17) is 0 Å². The molecule has 1 N–H and O–H groups in total. The van der Waals surface area contributed by atoms with Crippen LogP contribution in [0.25, 0.3) is 0 Å². The molecule has 0 bridgehead atoms. The monoisotopic (exact) mass is 201 g/mol. The predicted octanol–water partition coefficient (Wildman–Crippen LogP) is 2.02. The summed E-state index contributed by atoms with van der Waals surface area (Å²) < 4.78 is 0. The van der Waals surface area contributed by atoms with Gasteiger partial charge in [0.05, 0.1) is 5.92 Å². The van der Waals surface area contributed by atoms with E-state index in [1.807, 2.05) is 18.2 Å². The molecule has 1 atom stereocenters. The molecular weight excluding hydrogens is 186 g/mol. The van der Waals surface area contributed by atoms with Crippen molar-refractivity contribution in [2.45, 2.75) is 19.4 Å². The van der Waals surface area contributed by atoms with Crippen LogP contribution >= 0.6 is 0 Å². The molecule has 2 rings (SSSR count). The van der Waals surface area contributed by atoms with Gasteiger partial charge in [-0.1, -0.05) is 30.8 Å². The Morgan fingerprint density at radius 2 is 2.20 bits per heavy atom. The second-order valence-electron chi connectivity index (χ2n) is 4.03. The Morgan fingerprint density at radius 1 is 1.47 bits per heavy atom. The summed E-state index contributed by atoms with van der Waals surface area (Å²) in [5, 5.41) is 3.26. The molecule has 0 saturated heterocycles. The number of Topliss-reactive ketones (excluding diaryl/α,β-unsaturated/α-hetero) is 1. The van der Waals surface area contributed by atoms with E-state index in [-0.39, 0.29) is 11.7 Å². The van der Waals surface area contributed by atoms with E-state index in [2.05, 4.69) is 18.0 Å². The van der Waals surface area contributed by atoms with Gasteiger partial charge >= 0.3 is 0 Å². The lowest BCUT2D eigenvalue weighted by Crippen LogP contribution is -2.32. The zero-order chi connectivity index (χ0) is 10.8. The van der Waals surface area contributed by atoms with Crippen LogP contribution in [0.15, 0.2) is 36.4 Å². The number of carbonyl (C=O) groups is 1. The van der Waals surface area contributed by atoms with Gasteiger partial charge in [-0.05, 0) is 23.6 Å². The van der Waals surface area contributed by atoms with Gasteiger partial charge < -0.3 is 5.32 Å². The zero-order valence-corrected chi connectivity index (χ0v) is 8.92. The van der Waals surface area contributed by atoms with E-state index in [9.17, 15) is 4.79 Å². The van der Waals surface area contributed by atoms with Crippen LogP contribution < -0.4 is 5.32 Å². The Balaban J connectivity index is 2.38. The van der Waals surface area contributed by atoms with Gasteiger partial charge in [-0.15, -0.1) is 0 Å². The summed E-state index contributed by atoms with van der Waals surface area (Å²) in [6.45, 7) is 7.09. The van der Waals surface area contributed by atoms with Crippen molar-refractivity contribution in [3.63, 3.8) is 0 Å². The fourth-order valence-electron chi connectivity index (χ4n) is 2.03. The van der Waals surface area contributed by atoms with E-state index in [1.165, 1.54) is 5.56 Å². The normalized spacial score (nSPS) is 19.4. The molecule has 2 nitrogen and oxygen atoms in total. The lowest BCUT2D eigenvalue weighted by molar-refractivity contribution is -0.116. The van der Waals surface area contributed by atoms with Crippen LogP contribution in [0.5, 0.6) is 0 Å². The average Bonchev–Trinajstić information content (AvgIpc) is 2.27. The second-order valence-corrected chi connectivity index (χ2v) is 4.03. The molecule has 1 unspecified atom stereocenters. The van der Waals surface area contributed by atoms with E-state index >= 15 is 0 Å². The molecule has 2 heteroatoms. The fourth-order valence-corrected chi connectivity index (χ4v) is 2.03. The van der Waals surface area contributed by atoms with Crippen molar-refractivity contribution in [3.8, 4) is 0 Å². The number of hydrogen-bond acceptors (Lipinski definition) is 2. The van der Waals surface area contributed by atoms with Crippen LogP contribution in [-0.2, 0) is 11.3 Å². The molecule has 0 aliphatic carbocycles. The Labute approximate surface area is 90.0 Å². The number of nitrogens with one attached hydrogen (secondary N) is 1. The second kappa shape index (κ2) is 3.99. The van der Waals surface area contributed by atoms with Crippen LogP contribution in [0.2, 0.25) is 0 Å². The largest absolute Gasteiger partial charge is 0.312 e. The minimum absolute atomic E-state index is 0.0487. The Bertz CT molecular complexity index is 409. The highest BCUT2D eigenvalue weighted by molar-refractivity contribution is 5.99. The number of hydrogen-bond donors (Lipinski definition) is 1. The van der Waals surface area contributed by atoms with Crippen LogP contribution in [0.4, 0.5) is 0 Å². The third kappa shape index (κ3) is 1.85. The van der Waals surface area contributed by atoms with Crippen LogP contribution in [0.3, 0.4) is 0 Å². The minimum atomic E-state index is -0.0487. The maximum atomic E-state index is 11.9. The molecule has 0 amide bonds. The summed E-state index contributed by atoms with van der Waals surface area (Å²) in [7, 11) is 0. The van der Waals surface area contributed by atoms with Gasteiger partial charge in [-0.2, -0.15) is 0 Å². The SMILES string of the molecule is C=C(C)C(=O)C1CNCc2ccccc21. The number of carbonyl (C=O) groups excluding carboxylic acids is 1. The van der Waals surface area contributed by atoms with Crippen molar-refractivity contribution in [3.05, 3.63) is 47.5 Å². The fraction of sp³-hybridized carbons (Fsp3) is 0.308. The number of ketones is 1. The standard InChI is InChI=1S/C13H15NO/c1-9(2)13(15)12-8-14-7-10-5-3-4-6-11(10)12/h3-6,12,14H,1,7-8H2,2H3. The maximum absolute atomic E-state index is 11.9. The summed E-state index contributed by atoms with van der Waals surface area (Å²) in [6, 6.07) is 8.11. The smallest absolute Gasteiger partial charge is 0.166 e. The van der Waals surface area contributed by atoms with E-state index in [0.29, 0.717) is 5.57 Å². The summed E-state index contributed by atoms with van der Waals surface area (Å²) >= 11 is 0. The summed E-state index contributed by atoms with van der Waals surface area (Å²) in [5.74, 6) is 0.0992. The third-order valence-electron chi connectivity index (χ3n) is 2.83. The van der Waals surface area contributed by atoms with Gasteiger partial charge in [0.1, 0.15) is 0 Å². The van der Waals surface area contributed by atoms with Gasteiger partial charge in [-0.3, -0.25) is 4.79 Å². The zero-order valence-electron chi connectivity index (χ0n) is 8.92.